The highest BCUT2D eigenvalue weighted by molar-refractivity contribution is 5.75. The Balaban J connectivity index is 3.59. The number of hydrogen-bond donors (Lipinski definition) is 3. The predicted molar refractivity (Wildman–Crippen MR) is 70.1 cm³/mol. The number of nitrogens with one attached hydrogen (secondary N) is 2. The number of amides is 2. The number of methoxy groups -OCH3 is 1. The number of carbonyl (C=O) groups excluding carboxylic acids is 1. The van der Waals surface area contributed by atoms with Crippen molar-refractivity contribution in [2.75, 3.05) is 40.0 Å². The van der Waals surface area contributed by atoms with Crippen LogP contribution >= 0.6 is 0 Å². The molecule has 0 spiro atoms. The molecule has 0 saturated carbocycles. The van der Waals surface area contributed by atoms with Gasteiger partial charge in [0.05, 0.1) is 25.7 Å². The zero-order valence-electron chi connectivity index (χ0n) is 11.6. The predicted octanol–water partition coefficient (Wildman–Crippen LogP) is 0.450. The summed E-state index contributed by atoms with van der Waals surface area (Å²) in [6.07, 6.45) is 1.32. The van der Waals surface area contributed by atoms with Crippen molar-refractivity contribution < 1.29 is 24.2 Å². The van der Waals surface area contributed by atoms with E-state index < -0.39 is 11.9 Å². The lowest BCUT2D eigenvalue weighted by molar-refractivity contribution is -0.141. The van der Waals surface area contributed by atoms with E-state index in [1.165, 1.54) is 0 Å². The molecule has 0 rings (SSSR count). The number of hydrogen-bond acceptors (Lipinski definition) is 4. The minimum Gasteiger partial charge on any atom is -0.481 e. The molecular formula is C12H24N2O5. The molecule has 7 nitrogen and oxygen atoms in total. The molecule has 0 aromatic carbocycles. The Morgan fingerprint density at radius 3 is 2.53 bits per heavy atom. The summed E-state index contributed by atoms with van der Waals surface area (Å²) in [5.41, 5.74) is 0. The third-order valence-electron chi connectivity index (χ3n) is 2.46. The first-order valence-electron chi connectivity index (χ1n) is 6.43. The van der Waals surface area contributed by atoms with Crippen molar-refractivity contribution in [1.29, 1.82) is 0 Å². The van der Waals surface area contributed by atoms with Gasteiger partial charge in [-0.25, -0.2) is 4.79 Å². The van der Waals surface area contributed by atoms with Crippen LogP contribution in [0.15, 0.2) is 0 Å². The molecule has 0 aliphatic carbocycles. The quantitative estimate of drug-likeness (QED) is 0.476. The molecular weight excluding hydrogens is 252 g/mol. The van der Waals surface area contributed by atoms with E-state index in [9.17, 15) is 9.59 Å². The molecule has 1 unspecified atom stereocenters. The highest BCUT2D eigenvalue weighted by atomic mass is 16.5. The highest BCUT2D eigenvalue weighted by Crippen LogP contribution is 2.04. The third kappa shape index (κ3) is 10.3. The van der Waals surface area contributed by atoms with Crippen LogP contribution in [0.5, 0.6) is 0 Å². The zero-order valence-corrected chi connectivity index (χ0v) is 11.6. The molecule has 3 N–H and O–H groups in total. The van der Waals surface area contributed by atoms with Crippen LogP contribution in [0.3, 0.4) is 0 Å². The van der Waals surface area contributed by atoms with Crippen LogP contribution in [0, 0.1) is 5.92 Å². The third-order valence-corrected chi connectivity index (χ3v) is 2.46. The second-order valence-corrected chi connectivity index (χ2v) is 4.07. The lowest BCUT2D eigenvalue weighted by atomic mass is 10.0. The number of carboxylic acid groups (broad SMARTS) is 1. The van der Waals surface area contributed by atoms with Gasteiger partial charge in [-0.2, -0.15) is 0 Å². The molecule has 0 bridgehead atoms. The van der Waals surface area contributed by atoms with Crippen molar-refractivity contribution in [3.05, 3.63) is 0 Å². The fraction of sp³-hybridized carbons (Fsp3) is 0.833. The number of ether oxygens (including phenoxy) is 2. The molecule has 0 radical (unpaired) electrons. The molecule has 0 saturated heterocycles. The highest BCUT2D eigenvalue weighted by Gasteiger charge is 2.16. The van der Waals surface area contributed by atoms with Crippen LogP contribution in [0.1, 0.15) is 19.8 Å². The van der Waals surface area contributed by atoms with E-state index in [2.05, 4.69) is 10.6 Å². The Labute approximate surface area is 113 Å². The molecule has 7 heteroatoms. The topological polar surface area (TPSA) is 96.9 Å². The summed E-state index contributed by atoms with van der Waals surface area (Å²) >= 11 is 0. The molecule has 0 aliphatic heterocycles. The van der Waals surface area contributed by atoms with E-state index >= 15 is 0 Å². The molecule has 19 heavy (non-hydrogen) atoms. The fourth-order valence-corrected chi connectivity index (χ4v) is 1.42. The van der Waals surface area contributed by atoms with Gasteiger partial charge in [0.2, 0.25) is 0 Å². The summed E-state index contributed by atoms with van der Waals surface area (Å²) in [6, 6.07) is -0.377. The van der Waals surface area contributed by atoms with E-state index in [1.54, 1.807) is 7.11 Å². The maximum atomic E-state index is 11.4. The van der Waals surface area contributed by atoms with Crippen molar-refractivity contribution >= 4 is 12.0 Å². The van der Waals surface area contributed by atoms with E-state index in [0.717, 1.165) is 6.42 Å². The first-order chi connectivity index (χ1) is 9.11. The van der Waals surface area contributed by atoms with Gasteiger partial charge in [-0.05, 0) is 6.42 Å². The van der Waals surface area contributed by atoms with Gasteiger partial charge < -0.3 is 25.2 Å². The van der Waals surface area contributed by atoms with Crippen LogP contribution < -0.4 is 10.6 Å². The Morgan fingerprint density at radius 1 is 1.21 bits per heavy atom. The van der Waals surface area contributed by atoms with Gasteiger partial charge in [0.25, 0.3) is 0 Å². The molecule has 112 valence electrons. The van der Waals surface area contributed by atoms with Crippen LogP contribution in [-0.4, -0.2) is 57.1 Å². The second-order valence-electron chi connectivity index (χ2n) is 4.07. The summed E-state index contributed by atoms with van der Waals surface area (Å²) in [5, 5.41) is 14.0. The van der Waals surface area contributed by atoms with E-state index in [0.29, 0.717) is 32.8 Å². The van der Waals surface area contributed by atoms with Gasteiger partial charge in [0.15, 0.2) is 0 Å². The summed E-state index contributed by atoms with van der Waals surface area (Å²) in [5.74, 6) is -1.42. The molecule has 2 amide bonds. The molecule has 0 aliphatic rings. The first-order valence-corrected chi connectivity index (χ1v) is 6.43. The molecule has 1 atom stereocenters. The monoisotopic (exact) mass is 276 g/mol. The maximum absolute atomic E-state index is 11.4. The van der Waals surface area contributed by atoms with Gasteiger partial charge in [0.1, 0.15) is 0 Å². The summed E-state index contributed by atoms with van der Waals surface area (Å²) in [4.78, 5) is 22.2. The van der Waals surface area contributed by atoms with E-state index in [1.807, 2.05) is 6.92 Å². The minimum absolute atomic E-state index is 0.138. The number of carbonyl (C=O) groups is 2. The lowest BCUT2D eigenvalue weighted by Crippen LogP contribution is -2.41. The molecule has 0 heterocycles. The standard InChI is InChI=1S/C12H24N2O5/c1-3-4-10(11(15)16)9-14-12(17)13-5-6-19-8-7-18-2/h10H,3-9H2,1-2H3,(H,15,16)(H2,13,14,17). The SMILES string of the molecule is CCCC(CNC(=O)NCCOCCOC)C(=O)O. The van der Waals surface area contributed by atoms with Crippen molar-refractivity contribution in [3.63, 3.8) is 0 Å². The van der Waals surface area contributed by atoms with Crippen LogP contribution in [0.25, 0.3) is 0 Å². The first kappa shape index (κ1) is 17.7. The number of aliphatic carboxylic acids is 1. The molecule has 0 aromatic rings. The van der Waals surface area contributed by atoms with Crippen LogP contribution in [0.2, 0.25) is 0 Å². The van der Waals surface area contributed by atoms with Gasteiger partial charge in [0, 0.05) is 20.2 Å². The average Bonchev–Trinajstić information content (AvgIpc) is 2.38. The van der Waals surface area contributed by atoms with Gasteiger partial charge in [-0.15, -0.1) is 0 Å². The largest absolute Gasteiger partial charge is 0.481 e. The Morgan fingerprint density at radius 2 is 1.95 bits per heavy atom. The van der Waals surface area contributed by atoms with Gasteiger partial charge in [-0.3, -0.25) is 4.79 Å². The van der Waals surface area contributed by atoms with Crippen LogP contribution in [0.4, 0.5) is 4.79 Å². The van der Waals surface area contributed by atoms with Crippen molar-refractivity contribution in [1.82, 2.24) is 10.6 Å². The zero-order chi connectivity index (χ0) is 14.5. The molecule has 0 aromatic heterocycles. The Bertz CT molecular complexity index is 261. The van der Waals surface area contributed by atoms with Crippen LogP contribution in [-0.2, 0) is 14.3 Å². The smallest absolute Gasteiger partial charge is 0.314 e. The average molecular weight is 276 g/mol. The summed E-state index contributed by atoms with van der Waals surface area (Å²) in [7, 11) is 1.59. The van der Waals surface area contributed by atoms with E-state index in [4.69, 9.17) is 14.6 Å². The minimum atomic E-state index is -0.884. The normalized spacial score (nSPS) is 11.9. The number of rotatable bonds is 11. The van der Waals surface area contributed by atoms with Crippen molar-refractivity contribution in [3.8, 4) is 0 Å². The summed E-state index contributed by atoms with van der Waals surface area (Å²) < 4.78 is 9.96. The second kappa shape index (κ2) is 11.7. The lowest BCUT2D eigenvalue weighted by Gasteiger charge is -2.13. The fourth-order valence-electron chi connectivity index (χ4n) is 1.42. The molecule has 0 fully saturated rings. The maximum Gasteiger partial charge on any atom is 0.314 e. The van der Waals surface area contributed by atoms with Gasteiger partial charge in [-0.1, -0.05) is 13.3 Å². The Hall–Kier alpha value is -1.34. The Kier molecular flexibility index (Phi) is 10.9. The van der Waals surface area contributed by atoms with E-state index in [-0.39, 0.29) is 12.6 Å². The number of urea groups is 1. The van der Waals surface area contributed by atoms with Crippen molar-refractivity contribution in [2.24, 2.45) is 5.92 Å². The van der Waals surface area contributed by atoms with Gasteiger partial charge >= 0.3 is 12.0 Å². The van der Waals surface area contributed by atoms with Crippen molar-refractivity contribution in [2.45, 2.75) is 19.8 Å². The summed E-state index contributed by atoms with van der Waals surface area (Å²) in [6.45, 7) is 3.82. The number of carboxylic acids is 1.